The highest BCUT2D eigenvalue weighted by atomic mass is 16.5. The Bertz CT molecular complexity index is 928. The number of carbonyl (C=O) groups excluding carboxylic acids is 2. The molecule has 2 aromatic rings. The molecule has 0 saturated carbocycles. The zero-order valence-corrected chi connectivity index (χ0v) is 15.1. The Morgan fingerprint density at radius 2 is 1.46 bits per heavy atom. The quantitative estimate of drug-likeness (QED) is 0.700. The van der Waals surface area contributed by atoms with E-state index in [1.165, 1.54) is 0 Å². The molecule has 2 rings (SSSR count). The van der Waals surface area contributed by atoms with Gasteiger partial charge in [0.15, 0.2) is 0 Å². The summed E-state index contributed by atoms with van der Waals surface area (Å²) in [5.41, 5.74) is 8.10. The number of hydrogen-bond acceptors (Lipinski definition) is 7. The van der Waals surface area contributed by atoms with E-state index in [0.717, 1.165) is 0 Å². The van der Waals surface area contributed by atoms with Gasteiger partial charge in [-0.25, -0.2) is 0 Å². The molecule has 7 nitrogen and oxygen atoms in total. The van der Waals surface area contributed by atoms with Gasteiger partial charge in [-0.3, -0.25) is 9.59 Å². The predicted molar refractivity (Wildman–Crippen MR) is 99.1 cm³/mol. The van der Waals surface area contributed by atoms with Gasteiger partial charge in [0, 0.05) is 6.42 Å². The van der Waals surface area contributed by atoms with Crippen LogP contribution in [0.15, 0.2) is 48.5 Å². The topological polar surface area (TPSA) is 126 Å². The number of rotatable bonds is 8. The first-order valence-electron chi connectivity index (χ1n) is 8.57. The molecule has 142 valence electrons. The summed E-state index contributed by atoms with van der Waals surface area (Å²) in [6.07, 6.45) is 0.0618. The average Bonchev–Trinajstić information content (AvgIpc) is 2.74. The number of esters is 2. The first-order chi connectivity index (χ1) is 13.5. The maximum absolute atomic E-state index is 11.9. The lowest BCUT2D eigenvalue weighted by molar-refractivity contribution is -0.148. The third-order valence-corrected chi connectivity index (χ3v) is 3.86. The molecule has 0 aliphatic heterocycles. The van der Waals surface area contributed by atoms with Crippen molar-refractivity contribution in [2.45, 2.75) is 32.1 Å². The number of nitrogens with zero attached hydrogens (tertiary/aromatic N) is 2. The summed E-state index contributed by atoms with van der Waals surface area (Å²) in [7, 11) is 0. The van der Waals surface area contributed by atoms with Crippen LogP contribution in [0.5, 0.6) is 0 Å². The Morgan fingerprint density at radius 3 is 2.00 bits per heavy atom. The molecule has 0 fully saturated rings. The second-order valence-electron chi connectivity index (χ2n) is 6.04. The normalized spacial score (nSPS) is 11.0. The smallest absolute Gasteiger partial charge is 0.323 e. The van der Waals surface area contributed by atoms with Gasteiger partial charge in [0.2, 0.25) is 0 Å². The average molecular weight is 377 g/mol. The van der Waals surface area contributed by atoms with E-state index in [0.29, 0.717) is 22.3 Å². The number of nitriles is 2. The van der Waals surface area contributed by atoms with Gasteiger partial charge in [-0.15, -0.1) is 0 Å². The van der Waals surface area contributed by atoms with E-state index >= 15 is 0 Å². The van der Waals surface area contributed by atoms with Crippen molar-refractivity contribution in [1.29, 1.82) is 10.5 Å². The van der Waals surface area contributed by atoms with Gasteiger partial charge < -0.3 is 15.2 Å². The molecular formula is C21H19N3O4. The molecule has 0 aliphatic rings. The Hall–Kier alpha value is -3.68. The molecule has 0 bridgehead atoms. The zero-order valence-electron chi connectivity index (χ0n) is 15.1. The van der Waals surface area contributed by atoms with Crippen molar-refractivity contribution in [2.75, 3.05) is 0 Å². The van der Waals surface area contributed by atoms with E-state index in [2.05, 4.69) is 0 Å². The van der Waals surface area contributed by atoms with Crippen LogP contribution in [0.1, 0.15) is 35.1 Å². The summed E-state index contributed by atoms with van der Waals surface area (Å²) in [6, 6.07) is 16.5. The molecule has 1 atom stereocenters. The van der Waals surface area contributed by atoms with Crippen molar-refractivity contribution in [1.82, 2.24) is 0 Å². The molecule has 0 aromatic heterocycles. The summed E-state index contributed by atoms with van der Waals surface area (Å²) in [6.45, 7) is 0.0466. The van der Waals surface area contributed by atoms with E-state index < -0.39 is 18.0 Å². The molecule has 0 spiro atoms. The first kappa shape index (κ1) is 20.6. The summed E-state index contributed by atoms with van der Waals surface area (Å²) in [4.78, 5) is 23.8. The number of carbonyl (C=O) groups is 2. The second kappa shape index (κ2) is 10.5. The van der Waals surface area contributed by atoms with E-state index in [4.69, 9.17) is 25.7 Å². The molecule has 0 unspecified atom stereocenters. The minimum absolute atomic E-state index is 0.00172. The Balaban J connectivity index is 1.72. The molecular weight excluding hydrogens is 358 g/mol. The monoisotopic (exact) mass is 377 g/mol. The third-order valence-electron chi connectivity index (χ3n) is 3.86. The van der Waals surface area contributed by atoms with Crippen LogP contribution in [-0.2, 0) is 32.3 Å². The third kappa shape index (κ3) is 6.56. The second-order valence-corrected chi connectivity index (χ2v) is 6.04. The van der Waals surface area contributed by atoms with E-state index in [9.17, 15) is 9.59 Å². The largest absolute Gasteiger partial charge is 0.461 e. The van der Waals surface area contributed by atoms with E-state index in [1.54, 1.807) is 48.5 Å². The minimum Gasteiger partial charge on any atom is -0.461 e. The molecule has 0 heterocycles. The van der Waals surface area contributed by atoms with Gasteiger partial charge in [0.1, 0.15) is 19.3 Å². The Labute approximate surface area is 162 Å². The number of nitrogens with two attached hydrogens (primary N) is 1. The van der Waals surface area contributed by atoms with Gasteiger partial charge >= 0.3 is 11.9 Å². The maximum atomic E-state index is 11.9. The standard InChI is InChI=1S/C21H19N3O4/c22-11-15-3-1-5-17(9-15)13-27-20(25)8-7-19(24)21(26)28-14-18-6-2-4-16(10-18)12-23/h1-6,9-10,19H,7-8,13-14,24H2/t19-/m1/s1. The van der Waals surface area contributed by atoms with Crippen molar-refractivity contribution >= 4 is 11.9 Å². The van der Waals surface area contributed by atoms with Crippen molar-refractivity contribution < 1.29 is 19.1 Å². The number of hydrogen-bond donors (Lipinski definition) is 1. The lowest BCUT2D eigenvalue weighted by Gasteiger charge is -2.11. The lowest BCUT2D eigenvalue weighted by atomic mass is 10.1. The van der Waals surface area contributed by atoms with Crippen LogP contribution in [0.2, 0.25) is 0 Å². The molecule has 2 aromatic carbocycles. The van der Waals surface area contributed by atoms with Crippen molar-refractivity contribution in [3.63, 3.8) is 0 Å². The fourth-order valence-corrected chi connectivity index (χ4v) is 2.35. The van der Waals surface area contributed by atoms with Gasteiger partial charge in [-0.05, 0) is 41.8 Å². The summed E-state index contributed by atoms with van der Waals surface area (Å²) in [5.74, 6) is -1.12. The fourth-order valence-electron chi connectivity index (χ4n) is 2.35. The van der Waals surface area contributed by atoms with Gasteiger partial charge in [0.25, 0.3) is 0 Å². The van der Waals surface area contributed by atoms with Crippen molar-refractivity contribution in [3.8, 4) is 12.1 Å². The minimum atomic E-state index is -0.950. The Morgan fingerprint density at radius 1 is 0.929 bits per heavy atom. The van der Waals surface area contributed by atoms with Gasteiger partial charge in [-0.1, -0.05) is 24.3 Å². The molecule has 0 saturated heterocycles. The zero-order chi connectivity index (χ0) is 20.4. The summed E-state index contributed by atoms with van der Waals surface area (Å²) in [5, 5.41) is 17.7. The van der Waals surface area contributed by atoms with Crippen LogP contribution < -0.4 is 5.73 Å². The lowest BCUT2D eigenvalue weighted by Crippen LogP contribution is -2.32. The predicted octanol–water partition coefficient (Wildman–Crippen LogP) is 2.32. The SMILES string of the molecule is N#Cc1cccc(COC(=O)CC[C@@H](N)C(=O)OCc2cccc(C#N)c2)c1. The number of benzene rings is 2. The van der Waals surface area contributed by atoms with Crippen LogP contribution in [-0.4, -0.2) is 18.0 Å². The highest BCUT2D eigenvalue weighted by molar-refractivity contribution is 5.77. The van der Waals surface area contributed by atoms with Crippen LogP contribution in [0.3, 0.4) is 0 Å². The van der Waals surface area contributed by atoms with Gasteiger partial charge in [-0.2, -0.15) is 10.5 Å². The van der Waals surface area contributed by atoms with Crippen LogP contribution in [0, 0.1) is 22.7 Å². The molecule has 28 heavy (non-hydrogen) atoms. The van der Waals surface area contributed by atoms with Crippen LogP contribution in [0.25, 0.3) is 0 Å². The van der Waals surface area contributed by atoms with Crippen molar-refractivity contribution in [3.05, 3.63) is 70.8 Å². The molecule has 2 N–H and O–H groups in total. The van der Waals surface area contributed by atoms with Crippen LogP contribution >= 0.6 is 0 Å². The van der Waals surface area contributed by atoms with Crippen molar-refractivity contribution in [2.24, 2.45) is 5.73 Å². The van der Waals surface area contributed by atoms with E-state index in [1.807, 2.05) is 12.1 Å². The fraction of sp³-hybridized carbons (Fsp3) is 0.238. The molecule has 0 aliphatic carbocycles. The van der Waals surface area contributed by atoms with E-state index in [-0.39, 0.29) is 26.1 Å². The molecule has 0 radical (unpaired) electrons. The highest BCUT2D eigenvalue weighted by Crippen LogP contribution is 2.09. The first-order valence-corrected chi connectivity index (χ1v) is 8.57. The maximum Gasteiger partial charge on any atom is 0.323 e. The summed E-state index contributed by atoms with van der Waals surface area (Å²) < 4.78 is 10.2. The molecule has 7 heteroatoms. The summed E-state index contributed by atoms with van der Waals surface area (Å²) >= 11 is 0. The van der Waals surface area contributed by atoms with Gasteiger partial charge in [0.05, 0.1) is 23.3 Å². The highest BCUT2D eigenvalue weighted by Gasteiger charge is 2.17. The number of ether oxygens (including phenoxy) is 2. The Kier molecular flexibility index (Phi) is 7.71. The molecule has 0 amide bonds. The van der Waals surface area contributed by atoms with Crippen LogP contribution in [0.4, 0.5) is 0 Å².